The van der Waals surface area contributed by atoms with Gasteiger partial charge in [0.2, 0.25) is 0 Å². The van der Waals surface area contributed by atoms with E-state index in [-0.39, 0.29) is 11.6 Å². The molecule has 0 spiro atoms. The fraction of sp³-hybridized carbons (Fsp3) is 1.00. The molecule has 0 heterocycles. The van der Waals surface area contributed by atoms with Gasteiger partial charge in [-0.1, -0.05) is 27.7 Å². The van der Waals surface area contributed by atoms with E-state index in [4.69, 9.17) is 9.53 Å². The second kappa shape index (κ2) is 3.61. The third-order valence-corrected chi connectivity index (χ3v) is 8.40. The van der Waals surface area contributed by atoms with Crippen LogP contribution in [0.5, 0.6) is 0 Å². The van der Waals surface area contributed by atoms with Gasteiger partial charge in [0.05, 0.1) is 6.10 Å². The number of rotatable bonds is 3. The minimum Gasteiger partial charge on any atom is -0.413 e. The van der Waals surface area contributed by atoms with Crippen molar-refractivity contribution in [1.82, 2.24) is 0 Å². The van der Waals surface area contributed by atoms with Crippen LogP contribution in [0, 0.1) is 11.8 Å². The van der Waals surface area contributed by atoms with Crippen LogP contribution in [0.15, 0.2) is 0 Å². The fourth-order valence-corrected chi connectivity index (χ4v) is 2.91. The fourth-order valence-electron chi connectivity index (χ4n) is 1.49. The van der Waals surface area contributed by atoms with Gasteiger partial charge in [0.25, 0.3) is 0 Å². The normalized spacial score (nSPS) is 33.2. The Kier molecular flexibility index (Phi) is 3.15. The molecule has 1 rings (SSSR count). The van der Waals surface area contributed by atoms with E-state index >= 15 is 0 Å². The molecule has 1 aliphatic rings. The first-order valence-electron chi connectivity index (χ1n) is 5.49. The molecule has 3 atom stereocenters. The third kappa shape index (κ3) is 2.20. The second-order valence-corrected chi connectivity index (χ2v) is 10.8. The first kappa shape index (κ1) is 12.2. The Morgan fingerprint density at radius 3 is 2.07 bits per heavy atom. The molecule has 0 bridgehead atoms. The molecule has 0 aliphatic heterocycles. The lowest BCUT2D eigenvalue weighted by atomic mass is 10.2. The quantitative estimate of drug-likeness (QED) is 0.735. The van der Waals surface area contributed by atoms with Crippen molar-refractivity contribution >= 4 is 8.32 Å². The number of aliphatic hydroxyl groups excluding tert-OH is 1. The van der Waals surface area contributed by atoms with Crippen molar-refractivity contribution in [1.29, 1.82) is 0 Å². The Morgan fingerprint density at radius 1 is 1.29 bits per heavy atom. The van der Waals surface area contributed by atoms with Gasteiger partial charge in [0.15, 0.2) is 8.32 Å². The predicted octanol–water partition coefficient (Wildman–Crippen LogP) is 2.64. The number of aliphatic hydroxyl groups is 1. The zero-order valence-electron chi connectivity index (χ0n) is 10.3. The summed E-state index contributed by atoms with van der Waals surface area (Å²) in [6.45, 7) is 13.7. The second-order valence-electron chi connectivity index (χ2n) is 6.05. The molecular formula is C11H24O2Si. The first-order chi connectivity index (χ1) is 6.20. The molecule has 1 fully saturated rings. The molecule has 0 amide bonds. The van der Waals surface area contributed by atoms with Crippen LogP contribution in [-0.2, 0) is 4.43 Å². The predicted molar refractivity (Wildman–Crippen MR) is 61.8 cm³/mol. The van der Waals surface area contributed by atoms with Gasteiger partial charge in [-0.2, -0.15) is 0 Å². The zero-order valence-corrected chi connectivity index (χ0v) is 11.3. The van der Waals surface area contributed by atoms with Gasteiger partial charge < -0.3 is 9.53 Å². The Morgan fingerprint density at radius 2 is 1.79 bits per heavy atom. The molecule has 1 unspecified atom stereocenters. The Balaban J connectivity index is 2.53. The smallest absolute Gasteiger partial charge is 0.192 e. The molecule has 1 saturated carbocycles. The number of hydrogen-bond donors (Lipinski definition) is 1. The van der Waals surface area contributed by atoms with E-state index < -0.39 is 8.32 Å². The molecular weight excluding hydrogens is 192 g/mol. The van der Waals surface area contributed by atoms with Crippen molar-refractivity contribution in [2.75, 3.05) is 6.61 Å². The molecule has 0 aromatic carbocycles. The van der Waals surface area contributed by atoms with Crippen LogP contribution in [0.4, 0.5) is 0 Å². The number of hydrogen-bond acceptors (Lipinski definition) is 2. The van der Waals surface area contributed by atoms with Crippen molar-refractivity contribution in [3.8, 4) is 0 Å². The minimum atomic E-state index is -1.62. The van der Waals surface area contributed by atoms with Gasteiger partial charge in [-0.3, -0.25) is 0 Å². The summed E-state index contributed by atoms with van der Waals surface area (Å²) in [4.78, 5) is 0. The Hall–Kier alpha value is 0.137. The van der Waals surface area contributed by atoms with Crippen molar-refractivity contribution < 1.29 is 9.53 Å². The van der Waals surface area contributed by atoms with E-state index in [0.717, 1.165) is 0 Å². The van der Waals surface area contributed by atoms with Crippen molar-refractivity contribution in [2.45, 2.75) is 51.9 Å². The summed E-state index contributed by atoms with van der Waals surface area (Å²) >= 11 is 0. The first-order valence-corrected chi connectivity index (χ1v) is 8.40. The Bertz CT molecular complexity index is 208. The molecule has 1 N–H and O–H groups in total. The summed E-state index contributed by atoms with van der Waals surface area (Å²) in [6, 6.07) is 0. The molecule has 1 aliphatic carbocycles. The van der Waals surface area contributed by atoms with Crippen LogP contribution >= 0.6 is 0 Å². The molecule has 0 aromatic heterocycles. The standard InChI is InChI=1S/C11H24O2Si/c1-8-9(7-12)10(8)13-14(5,6)11(2,3)4/h8-10,12H,7H2,1-6H3/t8?,9-,10-/m1/s1. The molecule has 84 valence electrons. The van der Waals surface area contributed by atoms with Crippen molar-refractivity contribution in [3.63, 3.8) is 0 Å². The summed E-state index contributed by atoms with van der Waals surface area (Å²) in [5, 5.41) is 9.36. The molecule has 3 heteroatoms. The van der Waals surface area contributed by atoms with E-state index in [0.29, 0.717) is 17.9 Å². The molecule has 0 aromatic rings. The van der Waals surface area contributed by atoms with Crippen LogP contribution in [0.2, 0.25) is 18.1 Å². The maximum Gasteiger partial charge on any atom is 0.192 e. The van der Waals surface area contributed by atoms with Crippen molar-refractivity contribution in [2.24, 2.45) is 11.8 Å². The SMILES string of the molecule is CC1[C@@H](CO)[C@@H]1O[Si](C)(C)C(C)(C)C. The lowest BCUT2D eigenvalue weighted by molar-refractivity contribution is 0.211. The van der Waals surface area contributed by atoms with Crippen LogP contribution < -0.4 is 0 Å². The maximum atomic E-state index is 9.08. The van der Waals surface area contributed by atoms with E-state index in [1.54, 1.807) is 0 Å². The van der Waals surface area contributed by atoms with Gasteiger partial charge in [0, 0.05) is 12.5 Å². The highest BCUT2D eigenvalue weighted by molar-refractivity contribution is 6.74. The average Bonchev–Trinajstić information content (AvgIpc) is 2.58. The monoisotopic (exact) mass is 216 g/mol. The maximum absolute atomic E-state index is 9.08. The Labute approximate surface area is 88.8 Å². The molecule has 0 saturated heterocycles. The van der Waals surface area contributed by atoms with Gasteiger partial charge in [-0.25, -0.2) is 0 Å². The van der Waals surface area contributed by atoms with Gasteiger partial charge in [-0.15, -0.1) is 0 Å². The summed E-state index contributed by atoms with van der Waals surface area (Å²) in [5.74, 6) is 0.943. The summed E-state index contributed by atoms with van der Waals surface area (Å²) in [6.07, 6.45) is 0.320. The molecule has 0 radical (unpaired) electrons. The van der Waals surface area contributed by atoms with Gasteiger partial charge in [0.1, 0.15) is 0 Å². The van der Waals surface area contributed by atoms with Gasteiger partial charge in [-0.05, 0) is 24.1 Å². The van der Waals surface area contributed by atoms with Crippen LogP contribution in [0.3, 0.4) is 0 Å². The highest BCUT2D eigenvalue weighted by Gasteiger charge is 2.52. The average molecular weight is 216 g/mol. The topological polar surface area (TPSA) is 29.5 Å². The third-order valence-electron chi connectivity index (χ3n) is 3.92. The van der Waals surface area contributed by atoms with Crippen LogP contribution in [0.25, 0.3) is 0 Å². The highest BCUT2D eigenvalue weighted by Crippen LogP contribution is 2.47. The highest BCUT2D eigenvalue weighted by atomic mass is 28.4. The minimum absolute atomic E-state index is 0.273. The lowest BCUT2D eigenvalue weighted by Gasteiger charge is -2.36. The zero-order chi connectivity index (χ0) is 11.1. The summed E-state index contributed by atoms with van der Waals surface area (Å²) in [7, 11) is -1.62. The van der Waals surface area contributed by atoms with Crippen molar-refractivity contribution in [3.05, 3.63) is 0 Å². The van der Waals surface area contributed by atoms with E-state index in [2.05, 4.69) is 40.8 Å². The summed E-state index contributed by atoms with van der Waals surface area (Å²) in [5.41, 5.74) is 0. The largest absolute Gasteiger partial charge is 0.413 e. The lowest BCUT2D eigenvalue weighted by Crippen LogP contribution is -2.42. The van der Waals surface area contributed by atoms with E-state index in [9.17, 15) is 0 Å². The van der Waals surface area contributed by atoms with Crippen LogP contribution in [-0.4, -0.2) is 26.1 Å². The molecule has 2 nitrogen and oxygen atoms in total. The van der Waals surface area contributed by atoms with E-state index in [1.165, 1.54) is 0 Å². The van der Waals surface area contributed by atoms with Crippen LogP contribution in [0.1, 0.15) is 27.7 Å². The molecule has 14 heavy (non-hydrogen) atoms. The summed E-state index contributed by atoms with van der Waals surface area (Å²) < 4.78 is 6.21. The van der Waals surface area contributed by atoms with Gasteiger partial charge >= 0.3 is 0 Å². The van der Waals surface area contributed by atoms with E-state index in [1.807, 2.05) is 0 Å².